The van der Waals surface area contributed by atoms with Gasteiger partial charge in [-0.25, -0.2) is 8.78 Å². The Morgan fingerprint density at radius 2 is 1.50 bits per heavy atom. The van der Waals surface area contributed by atoms with Gasteiger partial charge in [-0.3, -0.25) is 11.7 Å². The Bertz CT molecular complexity index is 561. The SMILES string of the molecule is NNc1c(Cl)cccc1Cl.NNc1cc(F)ccc1F. The van der Waals surface area contributed by atoms with Crippen LogP contribution in [0, 0.1) is 11.6 Å². The summed E-state index contributed by atoms with van der Waals surface area (Å²) in [5.41, 5.74) is 4.94. The molecule has 0 aromatic heterocycles. The normalized spacial score (nSPS) is 9.50. The van der Waals surface area contributed by atoms with Crippen molar-refractivity contribution in [2.75, 3.05) is 10.9 Å². The van der Waals surface area contributed by atoms with Crippen LogP contribution in [-0.4, -0.2) is 0 Å². The molecule has 108 valence electrons. The minimum absolute atomic E-state index is 0.0417. The van der Waals surface area contributed by atoms with Crippen molar-refractivity contribution in [2.24, 2.45) is 11.7 Å². The van der Waals surface area contributed by atoms with E-state index in [1.54, 1.807) is 18.2 Å². The third kappa shape index (κ3) is 4.50. The van der Waals surface area contributed by atoms with Gasteiger partial charge in [0.15, 0.2) is 0 Å². The Morgan fingerprint density at radius 1 is 0.900 bits per heavy atom. The predicted molar refractivity (Wildman–Crippen MR) is 78.4 cm³/mol. The van der Waals surface area contributed by atoms with Crippen LogP contribution in [0.3, 0.4) is 0 Å². The summed E-state index contributed by atoms with van der Waals surface area (Å²) in [6, 6.07) is 8.19. The van der Waals surface area contributed by atoms with E-state index >= 15 is 0 Å². The molecule has 0 amide bonds. The molecule has 0 spiro atoms. The molecule has 0 fully saturated rings. The summed E-state index contributed by atoms with van der Waals surface area (Å²) in [5, 5.41) is 1.05. The number of nitrogens with one attached hydrogen (secondary N) is 2. The summed E-state index contributed by atoms with van der Waals surface area (Å²) in [6.07, 6.45) is 0. The van der Waals surface area contributed by atoms with Crippen LogP contribution in [0.15, 0.2) is 36.4 Å². The highest BCUT2D eigenvalue weighted by Crippen LogP contribution is 2.28. The maximum atomic E-state index is 12.5. The zero-order valence-electron chi connectivity index (χ0n) is 10.1. The Kier molecular flexibility index (Phi) is 6.47. The molecule has 0 heterocycles. The number of halogens is 4. The van der Waals surface area contributed by atoms with Crippen LogP contribution in [0.2, 0.25) is 10.0 Å². The van der Waals surface area contributed by atoms with Crippen molar-refractivity contribution in [3.05, 3.63) is 58.1 Å². The van der Waals surface area contributed by atoms with Gasteiger partial charge in [-0.2, -0.15) is 0 Å². The van der Waals surface area contributed by atoms with Crippen molar-refractivity contribution in [2.45, 2.75) is 0 Å². The standard InChI is InChI=1S/C6H6Cl2N2.C6H6F2N2/c7-4-2-1-3-5(8)6(4)10-9;7-4-1-2-5(8)6(3-4)10-9/h2*1-3,10H,9H2. The first-order valence-electron chi connectivity index (χ1n) is 5.32. The van der Waals surface area contributed by atoms with Crippen LogP contribution in [0.5, 0.6) is 0 Å². The number of benzene rings is 2. The maximum Gasteiger partial charge on any atom is 0.147 e. The summed E-state index contributed by atoms with van der Waals surface area (Å²) in [7, 11) is 0. The number of para-hydroxylation sites is 1. The molecule has 20 heavy (non-hydrogen) atoms. The molecule has 2 rings (SSSR count). The van der Waals surface area contributed by atoms with Crippen LogP contribution >= 0.6 is 23.2 Å². The average molecular weight is 321 g/mol. The van der Waals surface area contributed by atoms with Crippen molar-refractivity contribution >= 4 is 34.6 Å². The highest BCUT2D eigenvalue weighted by atomic mass is 35.5. The highest BCUT2D eigenvalue weighted by Gasteiger charge is 2.01. The molecule has 0 aliphatic rings. The van der Waals surface area contributed by atoms with Crippen LogP contribution in [-0.2, 0) is 0 Å². The fraction of sp³-hybridized carbons (Fsp3) is 0. The van der Waals surface area contributed by atoms with E-state index in [2.05, 4.69) is 5.43 Å². The summed E-state index contributed by atoms with van der Waals surface area (Å²) < 4.78 is 24.7. The first-order chi connectivity index (χ1) is 9.49. The molecule has 0 unspecified atom stereocenters. The third-order valence-corrected chi connectivity index (χ3v) is 2.82. The number of anilines is 2. The lowest BCUT2D eigenvalue weighted by molar-refractivity contribution is 0.602. The topological polar surface area (TPSA) is 76.1 Å². The summed E-state index contributed by atoms with van der Waals surface area (Å²) in [5.74, 6) is 8.91. The van der Waals surface area contributed by atoms with Crippen molar-refractivity contribution in [1.82, 2.24) is 0 Å². The Hall–Kier alpha value is -1.60. The molecule has 0 bridgehead atoms. The molecule has 2 aromatic rings. The van der Waals surface area contributed by atoms with Crippen LogP contribution < -0.4 is 22.5 Å². The van der Waals surface area contributed by atoms with Crippen LogP contribution in [0.1, 0.15) is 0 Å². The average Bonchev–Trinajstić information content (AvgIpc) is 2.42. The molecular weight excluding hydrogens is 309 g/mol. The molecule has 6 N–H and O–H groups in total. The molecule has 0 aliphatic heterocycles. The Balaban J connectivity index is 0.000000200. The quantitative estimate of drug-likeness (QED) is 0.504. The number of nitrogen functional groups attached to an aromatic ring is 2. The number of hydrogen-bond donors (Lipinski definition) is 4. The van der Waals surface area contributed by atoms with Gasteiger partial charge < -0.3 is 10.9 Å². The lowest BCUT2D eigenvalue weighted by atomic mass is 10.3. The van der Waals surface area contributed by atoms with Gasteiger partial charge in [-0.15, -0.1) is 0 Å². The molecule has 0 radical (unpaired) electrons. The van der Waals surface area contributed by atoms with E-state index in [9.17, 15) is 8.78 Å². The largest absolute Gasteiger partial charge is 0.321 e. The minimum Gasteiger partial charge on any atom is -0.321 e. The van der Waals surface area contributed by atoms with Gasteiger partial charge in [0.2, 0.25) is 0 Å². The van der Waals surface area contributed by atoms with E-state index in [1.165, 1.54) is 0 Å². The number of hydrogen-bond acceptors (Lipinski definition) is 4. The van der Waals surface area contributed by atoms with Gasteiger partial charge in [0.05, 0.1) is 21.4 Å². The van der Waals surface area contributed by atoms with Crippen LogP contribution in [0.25, 0.3) is 0 Å². The summed E-state index contributed by atoms with van der Waals surface area (Å²) in [4.78, 5) is 0. The smallest absolute Gasteiger partial charge is 0.147 e. The second-order valence-corrected chi connectivity index (χ2v) is 4.32. The molecule has 2 aromatic carbocycles. The van der Waals surface area contributed by atoms with Crippen LogP contribution in [0.4, 0.5) is 20.2 Å². The molecule has 0 aliphatic carbocycles. The highest BCUT2D eigenvalue weighted by molar-refractivity contribution is 6.39. The van der Waals surface area contributed by atoms with Gasteiger partial charge in [0, 0.05) is 6.07 Å². The Labute approximate surface area is 124 Å². The predicted octanol–water partition coefficient (Wildman–Crippen LogP) is 3.53. The lowest BCUT2D eigenvalue weighted by Gasteiger charge is -2.03. The van der Waals surface area contributed by atoms with E-state index in [0.717, 1.165) is 18.2 Å². The molecule has 8 heteroatoms. The monoisotopic (exact) mass is 320 g/mol. The second-order valence-electron chi connectivity index (χ2n) is 3.51. The zero-order valence-corrected chi connectivity index (χ0v) is 11.6. The molecule has 0 atom stereocenters. The van der Waals surface area contributed by atoms with Crippen molar-refractivity contribution in [3.63, 3.8) is 0 Å². The van der Waals surface area contributed by atoms with E-state index < -0.39 is 11.6 Å². The number of hydrazine groups is 2. The Morgan fingerprint density at radius 3 is 1.90 bits per heavy atom. The minimum atomic E-state index is -0.566. The maximum absolute atomic E-state index is 12.5. The van der Waals surface area contributed by atoms with E-state index in [0.29, 0.717) is 15.7 Å². The van der Waals surface area contributed by atoms with Gasteiger partial charge in [-0.05, 0) is 24.3 Å². The first kappa shape index (κ1) is 16.5. The van der Waals surface area contributed by atoms with Gasteiger partial charge in [0.25, 0.3) is 0 Å². The molecule has 4 nitrogen and oxygen atoms in total. The molecule has 0 saturated carbocycles. The summed E-state index contributed by atoms with van der Waals surface area (Å²) >= 11 is 11.4. The second kappa shape index (κ2) is 7.86. The van der Waals surface area contributed by atoms with E-state index in [4.69, 9.17) is 34.9 Å². The lowest BCUT2D eigenvalue weighted by Crippen LogP contribution is -2.08. The number of rotatable bonds is 2. The molecular formula is C12H12Cl2F2N4. The zero-order chi connectivity index (χ0) is 15.1. The third-order valence-electron chi connectivity index (χ3n) is 2.19. The van der Waals surface area contributed by atoms with E-state index in [1.807, 2.05) is 5.43 Å². The summed E-state index contributed by atoms with van der Waals surface area (Å²) in [6.45, 7) is 0. The van der Waals surface area contributed by atoms with E-state index in [-0.39, 0.29) is 5.69 Å². The van der Waals surface area contributed by atoms with Crippen molar-refractivity contribution < 1.29 is 8.78 Å². The van der Waals surface area contributed by atoms with Crippen molar-refractivity contribution in [3.8, 4) is 0 Å². The van der Waals surface area contributed by atoms with Gasteiger partial charge >= 0.3 is 0 Å². The van der Waals surface area contributed by atoms with Gasteiger partial charge in [-0.1, -0.05) is 29.3 Å². The van der Waals surface area contributed by atoms with Crippen molar-refractivity contribution in [1.29, 1.82) is 0 Å². The fourth-order valence-corrected chi connectivity index (χ4v) is 1.75. The fourth-order valence-electron chi connectivity index (χ4n) is 1.24. The van der Waals surface area contributed by atoms with Gasteiger partial charge in [0.1, 0.15) is 11.6 Å². The number of nitrogens with two attached hydrogens (primary N) is 2. The molecule has 0 saturated heterocycles. The first-order valence-corrected chi connectivity index (χ1v) is 6.07.